The van der Waals surface area contributed by atoms with Crippen molar-refractivity contribution in [2.75, 3.05) is 0 Å². The van der Waals surface area contributed by atoms with E-state index in [-0.39, 0.29) is 61.2 Å². The van der Waals surface area contributed by atoms with Gasteiger partial charge in [0.05, 0.1) is 0 Å². The van der Waals surface area contributed by atoms with Gasteiger partial charge in [0, 0.05) is 0 Å². The Kier molecular flexibility index (Phi) is 25900. The van der Waals surface area contributed by atoms with E-state index < -0.39 is 0 Å². The molecule has 0 aromatic rings. The Morgan fingerprint density at radius 2 is 0.429 bits per heavy atom. The van der Waals surface area contributed by atoms with Crippen LogP contribution in [0.3, 0.4) is 0 Å². The van der Waals surface area contributed by atoms with Gasteiger partial charge in [0.2, 0.25) is 0 Å². The fraction of sp³-hybridized carbons (Fsp3) is 0. The van der Waals surface area contributed by atoms with Crippen LogP contribution in [0.4, 0.5) is 0 Å². The molecule has 0 bridgehead atoms. The molecule has 7 heavy (non-hydrogen) atoms. The second-order valence-corrected chi connectivity index (χ2v) is 0. The summed E-state index contributed by atoms with van der Waals surface area (Å²) < 4.78 is 0. The first kappa shape index (κ1) is 534. The fourth-order valence-corrected chi connectivity index (χ4v) is 0. The van der Waals surface area contributed by atoms with E-state index in [0.29, 0.717) is 0 Å². The monoisotopic (exact) mass is 195 g/mol. The Balaban J connectivity index is 0. The average molecular weight is 196 g/mol. The number of hydrogen-bond acceptors (Lipinski definition) is 5. The zero-order chi connectivity index (χ0) is 0. The van der Waals surface area contributed by atoms with Crippen LogP contribution in [-0.4, -0.2) is 27.4 Å². The SMILES string of the molecule is [Cr+3].[Ni+2].[OH-].[OH-].[OH-].[OH-].[OH-]. The second-order valence-electron chi connectivity index (χ2n) is 0. The second kappa shape index (κ2) is 340. The quantitative estimate of drug-likeness (QED) is 0.460. The maximum Gasteiger partial charge on any atom is 3.00 e. The zero-order valence-corrected chi connectivity index (χ0v) is 5.22. The molecule has 0 spiro atoms. The maximum absolute atomic E-state index is 0. The predicted molar refractivity (Wildman–Crippen MR) is 9.68 cm³/mol. The van der Waals surface area contributed by atoms with E-state index in [2.05, 4.69) is 0 Å². The first-order valence-corrected chi connectivity index (χ1v) is 0. The minimum atomic E-state index is 0. The van der Waals surface area contributed by atoms with Gasteiger partial charge in [0.1, 0.15) is 0 Å². The first-order valence-electron chi connectivity index (χ1n) is 0. The summed E-state index contributed by atoms with van der Waals surface area (Å²) in [5.41, 5.74) is 0. The molecule has 0 atom stereocenters. The Labute approximate surface area is 61.7 Å². The molecule has 0 aliphatic rings. The molecule has 0 rings (SSSR count). The van der Waals surface area contributed by atoms with Crippen molar-refractivity contribution in [1.82, 2.24) is 0 Å². The first-order chi connectivity index (χ1) is 0. The van der Waals surface area contributed by atoms with Crippen molar-refractivity contribution >= 4 is 0 Å². The van der Waals surface area contributed by atoms with E-state index >= 15 is 0 Å². The summed E-state index contributed by atoms with van der Waals surface area (Å²) in [4.78, 5) is 0. The van der Waals surface area contributed by atoms with Crippen LogP contribution in [0.1, 0.15) is 0 Å². The van der Waals surface area contributed by atoms with E-state index in [4.69, 9.17) is 0 Å². The van der Waals surface area contributed by atoms with Crippen molar-refractivity contribution < 1.29 is 61.2 Å². The molecule has 0 unspecified atom stereocenters. The molecule has 0 saturated carbocycles. The summed E-state index contributed by atoms with van der Waals surface area (Å²) in [6, 6.07) is 0. The molecule has 5 N–H and O–H groups in total. The summed E-state index contributed by atoms with van der Waals surface area (Å²) in [6.07, 6.45) is 0. The van der Waals surface area contributed by atoms with Gasteiger partial charge >= 0.3 is 33.9 Å². The largest absolute Gasteiger partial charge is 3.00 e. The molecule has 0 amide bonds. The van der Waals surface area contributed by atoms with E-state index in [1.54, 1.807) is 0 Å². The minimum Gasteiger partial charge on any atom is -0.870 e. The van der Waals surface area contributed by atoms with Crippen molar-refractivity contribution in [2.45, 2.75) is 0 Å². The maximum atomic E-state index is 0. The van der Waals surface area contributed by atoms with E-state index in [0.717, 1.165) is 0 Å². The molecule has 0 heterocycles. The average Bonchev–Trinajstić information content (AvgIpc) is 0. The molecule has 0 aromatic heterocycles. The van der Waals surface area contributed by atoms with Crippen molar-refractivity contribution in [3.8, 4) is 0 Å². The third-order valence-corrected chi connectivity index (χ3v) is 0. The third-order valence-electron chi connectivity index (χ3n) is 0. The molecular formula is H5CrNiO5. The van der Waals surface area contributed by atoms with E-state index in [1.165, 1.54) is 0 Å². The summed E-state index contributed by atoms with van der Waals surface area (Å²) >= 11 is 0. The standard InChI is InChI=1S/Cr.Ni.5H2O/h;;5*1H2/q+3;+2;;;;;/p-5. The summed E-state index contributed by atoms with van der Waals surface area (Å²) in [7, 11) is 0. The van der Waals surface area contributed by atoms with Crippen LogP contribution in [0.5, 0.6) is 0 Å². The van der Waals surface area contributed by atoms with Crippen LogP contribution in [0, 0.1) is 0 Å². The van der Waals surface area contributed by atoms with Gasteiger partial charge in [0.15, 0.2) is 0 Å². The van der Waals surface area contributed by atoms with Crippen molar-refractivity contribution in [3.05, 3.63) is 0 Å². The van der Waals surface area contributed by atoms with Crippen LogP contribution in [-0.2, 0) is 33.9 Å². The Bertz CT molecular complexity index is 8.04. The number of rotatable bonds is 0. The van der Waals surface area contributed by atoms with E-state index in [9.17, 15) is 0 Å². The minimum absolute atomic E-state index is 0. The Morgan fingerprint density at radius 1 is 0.429 bits per heavy atom. The molecule has 0 fully saturated rings. The van der Waals surface area contributed by atoms with E-state index in [1.807, 2.05) is 0 Å². The van der Waals surface area contributed by atoms with Crippen LogP contribution >= 0.6 is 0 Å². The van der Waals surface area contributed by atoms with Gasteiger partial charge in [-0.1, -0.05) is 0 Å². The van der Waals surface area contributed by atoms with Gasteiger partial charge in [-0.25, -0.2) is 0 Å². The van der Waals surface area contributed by atoms with Crippen LogP contribution in [0.15, 0.2) is 0 Å². The van der Waals surface area contributed by atoms with Gasteiger partial charge in [-0.3, -0.25) is 0 Å². The van der Waals surface area contributed by atoms with Crippen molar-refractivity contribution in [2.24, 2.45) is 0 Å². The molecule has 1 radical (unpaired) electrons. The van der Waals surface area contributed by atoms with Gasteiger partial charge in [-0.2, -0.15) is 0 Å². The van der Waals surface area contributed by atoms with Crippen LogP contribution < -0.4 is 0 Å². The topological polar surface area (TPSA) is 150 Å². The predicted octanol–water partition coefficient (Wildman–Crippen LogP) is -0.889. The van der Waals surface area contributed by atoms with Crippen LogP contribution in [0.2, 0.25) is 0 Å². The van der Waals surface area contributed by atoms with Gasteiger partial charge < -0.3 is 27.4 Å². The van der Waals surface area contributed by atoms with Crippen LogP contribution in [0.25, 0.3) is 0 Å². The smallest absolute Gasteiger partial charge is 0.870 e. The molecule has 0 saturated heterocycles. The van der Waals surface area contributed by atoms with Crippen molar-refractivity contribution in [3.63, 3.8) is 0 Å². The fourth-order valence-electron chi connectivity index (χ4n) is 0. The zero-order valence-electron chi connectivity index (χ0n) is 2.96. The molecule has 0 aromatic carbocycles. The molecular weight excluding hydrogens is 191 g/mol. The Hall–Kier alpha value is 0.826. The third kappa shape index (κ3) is 233. The normalized spacial score (nSPS) is 0. The number of hydrogen-bond donors (Lipinski definition) is 0. The van der Waals surface area contributed by atoms with Gasteiger partial charge in [-0.15, -0.1) is 0 Å². The Morgan fingerprint density at radius 3 is 0.429 bits per heavy atom. The summed E-state index contributed by atoms with van der Waals surface area (Å²) in [6.45, 7) is 0. The van der Waals surface area contributed by atoms with Gasteiger partial charge in [-0.05, 0) is 0 Å². The molecule has 0 aliphatic heterocycles. The summed E-state index contributed by atoms with van der Waals surface area (Å²) in [5, 5.41) is 0. The van der Waals surface area contributed by atoms with Crippen molar-refractivity contribution in [1.29, 1.82) is 0 Å². The van der Waals surface area contributed by atoms with Gasteiger partial charge in [0.25, 0.3) is 0 Å². The molecule has 5 nitrogen and oxygen atoms in total. The molecule has 7 heteroatoms. The molecule has 51 valence electrons. The molecule has 0 aliphatic carbocycles. The summed E-state index contributed by atoms with van der Waals surface area (Å²) in [5.74, 6) is 0.